The molecule has 0 spiro atoms. The van der Waals surface area contributed by atoms with Gasteiger partial charge in [0.1, 0.15) is 17.3 Å². The van der Waals surface area contributed by atoms with Gasteiger partial charge in [0.05, 0.1) is 0 Å². The van der Waals surface area contributed by atoms with Crippen LogP contribution in [0.4, 0.5) is 5.82 Å². The molecule has 108 valence electrons. The van der Waals surface area contributed by atoms with Crippen LogP contribution in [0.25, 0.3) is 11.3 Å². The van der Waals surface area contributed by atoms with Crippen molar-refractivity contribution in [2.24, 2.45) is 0 Å². The summed E-state index contributed by atoms with van der Waals surface area (Å²) in [5.74, 6) is 1.81. The molecule has 0 saturated heterocycles. The number of aryl methyl sites for hydroxylation is 3. The topological polar surface area (TPSA) is 43.8 Å². The average Bonchev–Trinajstić information content (AvgIpc) is 2.69. The van der Waals surface area contributed by atoms with Gasteiger partial charge in [-0.2, -0.15) is 0 Å². The number of imidazole rings is 1. The van der Waals surface area contributed by atoms with Gasteiger partial charge in [0.25, 0.3) is 0 Å². The lowest BCUT2D eigenvalue weighted by Crippen LogP contribution is -2.25. The fourth-order valence-electron chi connectivity index (χ4n) is 2.66. The van der Waals surface area contributed by atoms with Crippen molar-refractivity contribution >= 4 is 5.82 Å². The van der Waals surface area contributed by atoms with Gasteiger partial charge in [0.2, 0.25) is 0 Å². The summed E-state index contributed by atoms with van der Waals surface area (Å²) in [6.07, 6.45) is 0.881. The molecule has 20 heavy (non-hydrogen) atoms. The lowest BCUT2D eigenvalue weighted by atomic mass is 10.0. The van der Waals surface area contributed by atoms with E-state index in [4.69, 9.17) is 10.7 Å². The van der Waals surface area contributed by atoms with E-state index in [0.29, 0.717) is 0 Å². The van der Waals surface area contributed by atoms with Gasteiger partial charge in [-0.1, -0.05) is 24.6 Å². The van der Waals surface area contributed by atoms with Gasteiger partial charge in [-0.3, -0.25) is 0 Å². The number of aromatic nitrogens is 2. The Hall–Kier alpha value is -1.77. The molecular weight excluding hydrogens is 246 g/mol. The van der Waals surface area contributed by atoms with Gasteiger partial charge in [-0.15, -0.1) is 0 Å². The van der Waals surface area contributed by atoms with Crippen LogP contribution in [0.2, 0.25) is 0 Å². The Morgan fingerprint density at radius 1 is 1.20 bits per heavy atom. The molecule has 1 heterocycles. The van der Waals surface area contributed by atoms with Crippen LogP contribution in [0.15, 0.2) is 18.2 Å². The van der Waals surface area contributed by atoms with Crippen molar-refractivity contribution in [2.45, 2.75) is 53.5 Å². The standard InChI is InChI=1S/C17H25N3/c1-7-14-19-15(16(18)20(14)17(4,5)6)13-10-11(2)8-9-12(13)3/h8-10H,7,18H2,1-6H3. The van der Waals surface area contributed by atoms with Crippen LogP contribution in [-0.4, -0.2) is 9.55 Å². The highest BCUT2D eigenvalue weighted by Crippen LogP contribution is 2.33. The summed E-state index contributed by atoms with van der Waals surface area (Å²) < 4.78 is 2.16. The first-order chi connectivity index (χ1) is 9.25. The van der Waals surface area contributed by atoms with Crippen LogP contribution in [0.1, 0.15) is 44.6 Å². The molecule has 0 aliphatic heterocycles. The lowest BCUT2D eigenvalue weighted by molar-refractivity contribution is 0.389. The van der Waals surface area contributed by atoms with Crippen molar-refractivity contribution in [2.75, 3.05) is 5.73 Å². The molecule has 0 fully saturated rings. The molecule has 3 nitrogen and oxygen atoms in total. The van der Waals surface area contributed by atoms with E-state index in [1.165, 1.54) is 11.1 Å². The van der Waals surface area contributed by atoms with E-state index in [-0.39, 0.29) is 5.54 Å². The molecule has 0 atom stereocenters. The number of nitrogen functional groups attached to an aromatic ring is 1. The first-order valence-corrected chi connectivity index (χ1v) is 7.21. The van der Waals surface area contributed by atoms with Gasteiger partial charge in [0.15, 0.2) is 0 Å². The third kappa shape index (κ3) is 2.45. The monoisotopic (exact) mass is 271 g/mol. The molecule has 2 rings (SSSR count). The Morgan fingerprint density at radius 2 is 1.85 bits per heavy atom. The molecule has 0 amide bonds. The molecule has 0 radical (unpaired) electrons. The van der Waals surface area contributed by atoms with Crippen molar-refractivity contribution in [3.8, 4) is 11.3 Å². The average molecular weight is 271 g/mol. The second-order valence-corrected chi connectivity index (χ2v) is 6.44. The molecular formula is C17H25N3. The Bertz CT molecular complexity index is 630. The number of hydrogen-bond donors (Lipinski definition) is 1. The third-order valence-electron chi connectivity index (χ3n) is 3.62. The highest BCUT2D eigenvalue weighted by molar-refractivity contribution is 5.74. The Kier molecular flexibility index (Phi) is 3.63. The van der Waals surface area contributed by atoms with Crippen molar-refractivity contribution in [3.05, 3.63) is 35.2 Å². The van der Waals surface area contributed by atoms with E-state index in [1.807, 2.05) is 0 Å². The maximum absolute atomic E-state index is 6.42. The molecule has 2 aromatic rings. The number of nitrogens with two attached hydrogens (primary N) is 1. The van der Waals surface area contributed by atoms with E-state index < -0.39 is 0 Å². The summed E-state index contributed by atoms with van der Waals surface area (Å²) in [6, 6.07) is 6.42. The molecule has 0 aliphatic carbocycles. The van der Waals surface area contributed by atoms with Crippen LogP contribution in [0.3, 0.4) is 0 Å². The summed E-state index contributed by atoms with van der Waals surface area (Å²) >= 11 is 0. The van der Waals surface area contributed by atoms with Crippen molar-refractivity contribution in [1.29, 1.82) is 0 Å². The molecule has 1 aromatic heterocycles. The highest BCUT2D eigenvalue weighted by atomic mass is 15.2. The van der Waals surface area contributed by atoms with Crippen LogP contribution in [0, 0.1) is 13.8 Å². The molecule has 0 aliphatic rings. The van der Waals surface area contributed by atoms with Crippen molar-refractivity contribution in [1.82, 2.24) is 9.55 Å². The number of rotatable bonds is 2. The SMILES string of the molecule is CCc1nc(-c2cc(C)ccc2C)c(N)n1C(C)(C)C. The predicted octanol–water partition coefficient (Wildman–Crippen LogP) is 4.07. The largest absolute Gasteiger partial charge is 0.383 e. The summed E-state index contributed by atoms with van der Waals surface area (Å²) in [5, 5.41) is 0. The van der Waals surface area contributed by atoms with Gasteiger partial charge in [-0.25, -0.2) is 4.98 Å². The Morgan fingerprint density at radius 3 is 2.35 bits per heavy atom. The summed E-state index contributed by atoms with van der Waals surface area (Å²) in [4.78, 5) is 4.80. The number of anilines is 1. The molecule has 0 unspecified atom stereocenters. The zero-order valence-electron chi connectivity index (χ0n) is 13.4. The minimum atomic E-state index is -0.0571. The van der Waals surface area contributed by atoms with Gasteiger partial charge in [-0.05, 0) is 46.2 Å². The Labute approximate surface area is 121 Å². The van der Waals surface area contributed by atoms with E-state index in [1.54, 1.807) is 0 Å². The van der Waals surface area contributed by atoms with E-state index in [2.05, 4.69) is 64.3 Å². The zero-order valence-corrected chi connectivity index (χ0v) is 13.4. The second kappa shape index (κ2) is 4.97. The van der Waals surface area contributed by atoms with E-state index in [0.717, 1.165) is 29.3 Å². The summed E-state index contributed by atoms with van der Waals surface area (Å²) in [7, 11) is 0. The normalized spacial score (nSPS) is 11.9. The minimum absolute atomic E-state index is 0.0571. The highest BCUT2D eigenvalue weighted by Gasteiger charge is 2.24. The zero-order chi connectivity index (χ0) is 15.1. The second-order valence-electron chi connectivity index (χ2n) is 6.44. The van der Waals surface area contributed by atoms with Gasteiger partial charge in [0, 0.05) is 17.5 Å². The van der Waals surface area contributed by atoms with Crippen molar-refractivity contribution in [3.63, 3.8) is 0 Å². The quantitative estimate of drug-likeness (QED) is 0.895. The maximum atomic E-state index is 6.42. The van der Waals surface area contributed by atoms with E-state index >= 15 is 0 Å². The minimum Gasteiger partial charge on any atom is -0.383 e. The molecule has 1 aromatic carbocycles. The van der Waals surface area contributed by atoms with E-state index in [9.17, 15) is 0 Å². The molecule has 0 bridgehead atoms. The van der Waals surface area contributed by atoms with Crippen LogP contribution >= 0.6 is 0 Å². The molecule has 0 saturated carbocycles. The van der Waals surface area contributed by atoms with Crippen LogP contribution in [-0.2, 0) is 12.0 Å². The fourth-order valence-corrected chi connectivity index (χ4v) is 2.66. The first-order valence-electron chi connectivity index (χ1n) is 7.21. The lowest BCUT2D eigenvalue weighted by Gasteiger charge is -2.24. The number of benzene rings is 1. The Balaban J connectivity index is 2.71. The summed E-state index contributed by atoms with van der Waals surface area (Å²) in [5.41, 5.74) is 10.9. The van der Waals surface area contributed by atoms with Gasteiger partial charge >= 0.3 is 0 Å². The first kappa shape index (κ1) is 14.6. The van der Waals surface area contributed by atoms with Gasteiger partial charge < -0.3 is 10.3 Å². The van der Waals surface area contributed by atoms with Crippen LogP contribution < -0.4 is 5.73 Å². The van der Waals surface area contributed by atoms with Crippen LogP contribution in [0.5, 0.6) is 0 Å². The number of hydrogen-bond acceptors (Lipinski definition) is 2. The van der Waals surface area contributed by atoms with Crippen molar-refractivity contribution < 1.29 is 0 Å². The third-order valence-corrected chi connectivity index (χ3v) is 3.62. The number of nitrogens with zero attached hydrogens (tertiary/aromatic N) is 2. The maximum Gasteiger partial charge on any atom is 0.132 e. The predicted molar refractivity (Wildman–Crippen MR) is 85.9 cm³/mol. The summed E-state index contributed by atoms with van der Waals surface area (Å²) in [6.45, 7) is 12.8. The smallest absolute Gasteiger partial charge is 0.132 e. The fraction of sp³-hybridized carbons (Fsp3) is 0.471. The molecule has 2 N–H and O–H groups in total. The molecule has 3 heteroatoms.